The largest absolute Gasteiger partial charge is 0.398 e. The van der Waals surface area contributed by atoms with E-state index in [1.165, 1.54) is 0 Å². The lowest BCUT2D eigenvalue weighted by molar-refractivity contribution is 0.0856. The number of nitrogens with zero attached hydrogens (tertiary/aromatic N) is 1. The van der Waals surface area contributed by atoms with Crippen molar-refractivity contribution in [3.8, 4) is 0 Å². The van der Waals surface area contributed by atoms with Gasteiger partial charge in [0, 0.05) is 25.3 Å². The number of carbonyl (C=O) groups is 1. The van der Waals surface area contributed by atoms with Crippen LogP contribution in [0.5, 0.6) is 0 Å². The lowest BCUT2D eigenvalue weighted by atomic mass is 10.1. The number of nitrogens with two attached hydrogens (primary N) is 1. The molecule has 14 heavy (non-hydrogen) atoms. The zero-order chi connectivity index (χ0) is 10.7. The Morgan fingerprint density at radius 3 is 2.64 bits per heavy atom. The molecule has 0 radical (unpaired) electrons. The van der Waals surface area contributed by atoms with Crippen LogP contribution in [0.2, 0.25) is 0 Å². The van der Waals surface area contributed by atoms with E-state index in [1.54, 1.807) is 37.3 Å². The van der Waals surface area contributed by atoms with Gasteiger partial charge in [0.25, 0.3) is 5.91 Å². The van der Waals surface area contributed by atoms with Crippen LogP contribution in [0.1, 0.15) is 15.9 Å². The molecule has 0 heterocycles. The summed E-state index contributed by atoms with van der Waals surface area (Å²) in [7, 11) is 3.53. The van der Waals surface area contributed by atoms with Crippen molar-refractivity contribution in [2.75, 3.05) is 19.8 Å². The highest BCUT2D eigenvalue weighted by Gasteiger charge is 2.10. The number of carbonyl (C=O) groups excluding carboxylic acids is 1. The molecule has 1 aromatic rings. The van der Waals surface area contributed by atoms with Gasteiger partial charge < -0.3 is 5.73 Å². The van der Waals surface area contributed by atoms with Crippen LogP contribution in [0.3, 0.4) is 0 Å². The summed E-state index contributed by atoms with van der Waals surface area (Å²) < 4.78 is 0. The molecule has 0 saturated heterocycles. The van der Waals surface area contributed by atoms with Crippen molar-refractivity contribution in [3.63, 3.8) is 0 Å². The fraction of sp³-hybridized carbons (Fsp3) is 0.300. The summed E-state index contributed by atoms with van der Waals surface area (Å²) in [5, 5.41) is 1.60. The summed E-state index contributed by atoms with van der Waals surface area (Å²) in [6.07, 6.45) is 0. The van der Waals surface area contributed by atoms with Gasteiger partial charge in [-0.2, -0.15) is 0 Å². The normalized spacial score (nSPS) is 10.3. The van der Waals surface area contributed by atoms with E-state index in [9.17, 15) is 4.79 Å². The molecule has 0 aliphatic heterocycles. The minimum absolute atomic E-state index is 0.139. The van der Waals surface area contributed by atoms with Crippen molar-refractivity contribution in [1.29, 1.82) is 0 Å². The van der Waals surface area contributed by atoms with E-state index in [2.05, 4.69) is 5.43 Å². The summed E-state index contributed by atoms with van der Waals surface area (Å²) in [6, 6.07) is 5.30. The Hall–Kier alpha value is -1.55. The molecule has 0 spiro atoms. The molecule has 0 bridgehead atoms. The summed E-state index contributed by atoms with van der Waals surface area (Å²) in [5.41, 5.74) is 10.4. The number of hydrogen-bond donors (Lipinski definition) is 2. The van der Waals surface area contributed by atoms with Gasteiger partial charge in [-0.05, 0) is 24.6 Å². The zero-order valence-electron chi connectivity index (χ0n) is 8.66. The second-order valence-electron chi connectivity index (χ2n) is 3.36. The molecule has 0 atom stereocenters. The Labute approximate surface area is 83.7 Å². The highest BCUT2D eigenvalue weighted by molar-refractivity contribution is 5.96. The molecule has 76 valence electrons. The fourth-order valence-corrected chi connectivity index (χ4v) is 1.16. The minimum Gasteiger partial charge on any atom is -0.398 e. The lowest BCUT2D eigenvalue weighted by Gasteiger charge is -2.13. The smallest absolute Gasteiger partial charge is 0.265 e. The van der Waals surface area contributed by atoms with Crippen LogP contribution in [0.25, 0.3) is 0 Å². The van der Waals surface area contributed by atoms with Crippen molar-refractivity contribution >= 4 is 11.6 Å². The summed E-state index contributed by atoms with van der Waals surface area (Å²) in [5.74, 6) is -0.139. The van der Waals surface area contributed by atoms with Crippen LogP contribution in [-0.4, -0.2) is 25.0 Å². The van der Waals surface area contributed by atoms with Crippen LogP contribution < -0.4 is 11.2 Å². The van der Waals surface area contributed by atoms with E-state index in [-0.39, 0.29) is 5.91 Å². The van der Waals surface area contributed by atoms with Crippen LogP contribution in [0, 0.1) is 6.92 Å². The molecular weight excluding hydrogens is 178 g/mol. The number of anilines is 1. The van der Waals surface area contributed by atoms with Gasteiger partial charge >= 0.3 is 0 Å². The van der Waals surface area contributed by atoms with E-state index >= 15 is 0 Å². The maximum absolute atomic E-state index is 11.6. The first-order valence-corrected chi connectivity index (χ1v) is 4.35. The number of hydrazine groups is 1. The van der Waals surface area contributed by atoms with Crippen LogP contribution in [0.15, 0.2) is 18.2 Å². The minimum atomic E-state index is -0.139. The lowest BCUT2D eigenvalue weighted by Crippen LogP contribution is -2.36. The standard InChI is InChI=1S/C10H15N3O/c1-7-8(5-4-6-9(7)11)10(14)12-13(2)3/h4-6H,11H2,1-3H3,(H,12,14). The van der Waals surface area contributed by atoms with E-state index < -0.39 is 0 Å². The Morgan fingerprint density at radius 2 is 2.07 bits per heavy atom. The van der Waals surface area contributed by atoms with Gasteiger partial charge in [-0.15, -0.1) is 0 Å². The molecule has 0 aromatic heterocycles. The van der Waals surface area contributed by atoms with Gasteiger partial charge in [-0.1, -0.05) is 6.07 Å². The zero-order valence-corrected chi connectivity index (χ0v) is 8.66. The van der Waals surface area contributed by atoms with Gasteiger partial charge in [0.2, 0.25) is 0 Å². The van der Waals surface area contributed by atoms with Crippen molar-refractivity contribution in [2.45, 2.75) is 6.92 Å². The molecule has 0 saturated carbocycles. The van der Waals surface area contributed by atoms with Crippen molar-refractivity contribution in [3.05, 3.63) is 29.3 Å². The van der Waals surface area contributed by atoms with Crippen LogP contribution in [0.4, 0.5) is 5.69 Å². The summed E-state index contributed by atoms with van der Waals surface area (Å²) >= 11 is 0. The monoisotopic (exact) mass is 193 g/mol. The molecule has 1 rings (SSSR count). The van der Waals surface area contributed by atoms with E-state index in [0.29, 0.717) is 11.3 Å². The number of nitrogens with one attached hydrogen (secondary N) is 1. The van der Waals surface area contributed by atoms with E-state index in [0.717, 1.165) is 5.56 Å². The second kappa shape index (κ2) is 4.11. The molecule has 0 fully saturated rings. The maximum atomic E-state index is 11.6. The third-order valence-electron chi connectivity index (χ3n) is 1.95. The molecule has 4 nitrogen and oxygen atoms in total. The third kappa shape index (κ3) is 2.23. The second-order valence-corrected chi connectivity index (χ2v) is 3.36. The highest BCUT2D eigenvalue weighted by atomic mass is 16.2. The Bertz CT molecular complexity index is 347. The van der Waals surface area contributed by atoms with Gasteiger partial charge in [0.1, 0.15) is 0 Å². The number of rotatable bonds is 2. The first-order valence-electron chi connectivity index (χ1n) is 4.35. The SMILES string of the molecule is Cc1c(N)cccc1C(=O)NN(C)C. The van der Waals surface area contributed by atoms with Gasteiger partial charge in [0.15, 0.2) is 0 Å². The molecule has 3 N–H and O–H groups in total. The maximum Gasteiger partial charge on any atom is 0.265 e. The third-order valence-corrected chi connectivity index (χ3v) is 1.95. The van der Waals surface area contributed by atoms with Crippen LogP contribution >= 0.6 is 0 Å². The molecule has 4 heteroatoms. The molecular formula is C10H15N3O. The van der Waals surface area contributed by atoms with Gasteiger partial charge in [0.05, 0.1) is 0 Å². The predicted octanol–water partition coefficient (Wildman–Crippen LogP) is 0.784. The molecule has 0 unspecified atom stereocenters. The molecule has 0 aliphatic carbocycles. The van der Waals surface area contributed by atoms with Crippen LogP contribution in [-0.2, 0) is 0 Å². The van der Waals surface area contributed by atoms with E-state index in [1.807, 2.05) is 6.92 Å². The molecule has 1 amide bonds. The predicted molar refractivity (Wildman–Crippen MR) is 56.7 cm³/mol. The van der Waals surface area contributed by atoms with Gasteiger partial charge in [-0.3, -0.25) is 10.2 Å². The summed E-state index contributed by atoms with van der Waals surface area (Å²) in [6.45, 7) is 1.83. The number of amides is 1. The quantitative estimate of drug-likeness (QED) is 0.539. The van der Waals surface area contributed by atoms with Gasteiger partial charge in [-0.25, -0.2) is 5.01 Å². The van der Waals surface area contributed by atoms with Crippen molar-refractivity contribution in [1.82, 2.24) is 10.4 Å². The van der Waals surface area contributed by atoms with E-state index in [4.69, 9.17) is 5.73 Å². The number of benzene rings is 1. The topological polar surface area (TPSA) is 58.4 Å². The van der Waals surface area contributed by atoms with Crippen molar-refractivity contribution < 1.29 is 4.79 Å². The number of nitrogen functional groups attached to an aromatic ring is 1. The Morgan fingerprint density at radius 1 is 1.43 bits per heavy atom. The molecule has 0 aliphatic rings. The highest BCUT2D eigenvalue weighted by Crippen LogP contribution is 2.14. The average molecular weight is 193 g/mol. The number of hydrogen-bond acceptors (Lipinski definition) is 3. The Balaban J connectivity index is 2.96. The first kappa shape index (κ1) is 10.5. The molecule has 1 aromatic carbocycles. The first-order chi connectivity index (χ1) is 6.52. The average Bonchev–Trinajstić information content (AvgIpc) is 2.08. The van der Waals surface area contributed by atoms with Crippen molar-refractivity contribution in [2.24, 2.45) is 0 Å². The fourth-order valence-electron chi connectivity index (χ4n) is 1.16. The Kier molecular flexibility index (Phi) is 3.09. The summed E-state index contributed by atoms with van der Waals surface area (Å²) in [4.78, 5) is 11.6.